The van der Waals surface area contributed by atoms with E-state index in [1.807, 2.05) is 24.3 Å². The SMILES string of the molecule is O=C(COc1ccc(F)cc1)NNC(=O)c1cc(C2CC2)nc2ccccc12. The van der Waals surface area contributed by atoms with Gasteiger partial charge in [-0.25, -0.2) is 4.39 Å². The van der Waals surface area contributed by atoms with Gasteiger partial charge >= 0.3 is 0 Å². The van der Waals surface area contributed by atoms with E-state index in [0.717, 1.165) is 29.4 Å². The van der Waals surface area contributed by atoms with Crippen LogP contribution in [0.3, 0.4) is 0 Å². The predicted molar refractivity (Wildman–Crippen MR) is 101 cm³/mol. The third-order valence-electron chi connectivity index (χ3n) is 4.48. The fourth-order valence-corrected chi connectivity index (χ4v) is 2.88. The second-order valence-electron chi connectivity index (χ2n) is 6.63. The van der Waals surface area contributed by atoms with Crippen LogP contribution in [0.15, 0.2) is 54.6 Å². The highest BCUT2D eigenvalue weighted by Gasteiger charge is 2.27. The quantitative estimate of drug-likeness (QED) is 0.668. The number of nitrogens with zero attached hydrogens (tertiary/aromatic N) is 1. The molecule has 142 valence electrons. The number of aromatic nitrogens is 1. The van der Waals surface area contributed by atoms with Gasteiger partial charge in [-0.1, -0.05) is 18.2 Å². The van der Waals surface area contributed by atoms with Crippen LogP contribution in [0.1, 0.15) is 34.8 Å². The lowest BCUT2D eigenvalue weighted by molar-refractivity contribution is -0.123. The number of hydrogen-bond donors (Lipinski definition) is 2. The number of hydrazine groups is 1. The number of halogens is 1. The van der Waals surface area contributed by atoms with E-state index in [9.17, 15) is 14.0 Å². The Balaban J connectivity index is 1.40. The topological polar surface area (TPSA) is 80.3 Å². The maximum atomic E-state index is 12.9. The molecule has 0 unspecified atom stereocenters. The zero-order valence-corrected chi connectivity index (χ0v) is 14.9. The first-order valence-electron chi connectivity index (χ1n) is 8.97. The highest BCUT2D eigenvalue weighted by atomic mass is 19.1. The summed E-state index contributed by atoms with van der Waals surface area (Å²) in [6.07, 6.45) is 2.15. The Morgan fingerprint density at radius 2 is 1.82 bits per heavy atom. The van der Waals surface area contributed by atoms with Crippen molar-refractivity contribution < 1.29 is 18.7 Å². The van der Waals surface area contributed by atoms with Gasteiger partial charge < -0.3 is 4.74 Å². The van der Waals surface area contributed by atoms with Gasteiger partial charge in [0.05, 0.1) is 11.1 Å². The fourth-order valence-electron chi connectivity index (χ4n) is 2.88. The van der Waals surface area contributed by atoms with Crippen LogP contribution in [0.5, 0.6) is 5.75 Å². The van der Waals surface area contributed by atoms with Gasteiger partial charge in [-0.15, -0.1) is 0 Å². The number of rotatable bonds is 5. The molecule has 7 heteroatoms. The van der Waals surface area contributed by atoms with Crippen molar-refractivity contribution >= 4 is 22.7 Å². The van der Waals surface area contributed by atoms with Gasteiger partial charge in [0.1, 0.15) is 11.6 Å². The number of nitrogens with one attached hydrogen (secondary N) is 2. The number of benzene rings is 2. The van der Waals surface area contributed by atoms with E-state index in [0.29, 0.717) is 17.2 Å². The van der Waals surface area contributed by atoms with Crippen LogP contribution < -0.4 is 15.6 Å². The average molecular weight is 379 g/mol. The average Bonchev–Trinajstić information content (AvgIpc) is 3.56. The molecule has 1 fully saturated rings. The summed E-state index contributed by atoms with van der Waals surface area (Å²) in [5, 5.41) is 0.723. The zero-order chi connectivity index (χ0) is 19.5. The Labute approximate surface area is 160 Å². The lowest BCUT2D eigenvalue weighted by Crippen LogP contribution is -2.43. The van der Waals surface area contributed by atoms with Crippen molar-refractivity contribution in [1.29, 1.82) is 0 Å². The first-order chi connectivity index (χ1) is 13.6. The molecule has 4 rings (SSSR count). The molecule has 0 spiro atoms. The van der Waals surface area contributed by atoms with Crippen LogP contribution in [-0.2, 0) is 4.79 Å². The minimum absolute atomic E-state index is 0.309. The van der Waals surface area contributed by atoms with Crippen molar-refractivity contribution in [3.05, 3.63) is 71.7 Å². The van der Waals surface area contributed by atoms with Crippen molar-refractivity contribution in [3.63, 3.8) is 0 Å². The third kappa shape index (κ3) is 4.09. The third-order valence-corrected chi connectivity index (χ3v) is 4.48. The highest BCUT2D eigenvalue weighted by molar-refractivity contribution is 6.06. The van der Waals surface area contributed by atoms with Gasteiger partial charge in [0.15, 0.2) is 6.61 Å². The summed E-state index contributed by atoms with van der Waals surface area (Å²) in [6, 6.07) is 14.5. The molecule has 6 nitrogen and oxygen atoms in total. The van der Waals surface area contributed by atoms with E-state index in [2.05, 4.69) is 15.8 Å². The summed E-state index contributed by atoms with van der Waals surface area (Å²) in [4.78, 5) is 29.2. The number of para-hydroxylation sites is 1. The number of amides is 2. The fraction of sp³-hybridized carbons (Fsp3) is 0.190. The highest BCUT2D eigenvalue weighted by Crippen LogP contribution is 2.40. The van der Waals surface area contributed by atoms with E-state index in [1.54, 1.807) is 6.07 Å². The molecule has 1 aromatic heterocycles. The summed E-state index contributed by atoms with van der Waals surface area (Å²) in [5.74, 6) is -0.583. The minimum Gasteiger partial charge on any atom is -0.484 e. The molecule has 3 aromatic rings. The lowest BCUT2D eigenvalue weighted by Gasteiger charge is -2.11. The number of hydrogen-bond acceptors (Lipinski definition) is 4. The van der Waals surface area contributed by atoms with Gasteiger partial charge in [-0.2, -0.15) is 0 Å². The number of pyridine rings is 1. The van der Waals surface area contributed by atoms with Crippen molar-refractivity contribution in [2.24, 2.45) is 0 Å². The van der Waals surface area contributed by atoms with E-state index < -0.39 is 11.8 Å². The molecule has 0 aliphatic heterocycles. The molecule has 2 amide bonds. The standard InChI is InChI=1S/C21H18FN3O3/c22-14-7-9-15(10-8-14)28-12-20(26)24-25-21(27)17-11-19(13-5-6-13)23-18-4-2-1-3-16(17)18/h1-4,7-11,13H,5-6,12H2,(H,24,26)(H,25,27). The van der Waals surface area contributed by atoms with E-state index >= 15 is 0 Å². The normalized spacial score (nSPS) is 13.2. The van der Waals surface area contributed by atoms with E-state index in [1.165, 1.54) is 24.3 Å². The zero-order valence-electron chi connectivity index (χ0n) is 14.9. The van der Waals surface area contributed by atoms with Crippen molar-refractivity contribution in [3.8, 4) is 5.75 Å². The molecule has 0 atom stereocenters. The Morgan fingerprint density at radius 3 is 2.57 bits per heavy atom. The van der Waals surface area contributed by atoms with Crippen LogP contribution in [0, 0.1) is 5.82 Å². The molecule has 1 saturated carbocycles. The van der Waals surface area contributed by atoms with Gasteiger partial charge in [0.2, 0.25) is 0 Å². The molecule has 1 heterocycles. The number of fused-ring (bicyclic) bond motifs is 1. The first-order valence-corrected chi connectivity index (χ1v) is 8.97. The molecule has 28 heavy (non-hydrogen) atoms. The monoisotopic (exact) mass is 379 g/mol. The molecule has 1 aliphatic rings. The Bertz CT molecular complexity index is 1030. The van der Waals surface area contributed by atoms with Crippen LogP contribution in [0.4, 0.5) is 4.39 Å². The molecule has 2 N–H and O–H groups in total. The summed E-state index contributed by atoms with van der Waals surface area (Å²) < 4.78 is 18.1. The largest absolute Gasteiger partial charge is 0.484 e. The first kappa shape index (κ1) is 17.9. The summed E-state index contributed by atoms with van der Waals surface area (Å²) >= 11 is 0. The van der Waals surface area contributed by atoms with Crippen LogP contribution in [-0.4, -0.2) is 23.4 Å². The molecule has 0 saturated heterocycles. The van der Waals surface area contributed by atoms with Crippen molar-refractivity contribution in [2.75, 3.05) is 6.61 Å². The van der Waals surface area contributed by atoms with E-state index in [-0.39, 0.29) is 12.4 Å². The van der Waals surface area contributed by atoms with Crippen molar-refractivity contribution in [1.82, 2.24) is 15.8 Å². The lowest BCUT2D eigenvalue weighted by atomic mass is 10.1. The predicted octanol–water partition coefficient (Wildman–Crippen LogP) is 3.09. The molecule has 0 bridgehead atoms. The Morgan fingerprint density at radius 1 is 1.07 bits per heavy atom. The summed E-state index contributed by atoms with van der Waals surface area (Å²) in [5.41, 5.74) is 6.87. The molecule has 0 radical (unpaired) electrons. The summed E-state index contributed by atoms with van der Waals surface area (Å²) in [6.45, 7) is -0.309. The maximum Gasteiger partial charge on any atom is 0.276 e. The molecule has 2 aromatic carbocycles. The van der Waals surface area contributed by atoms with Crippen molar-refractivity contribution in [2.45, 2.75) is 18.8 Å². The van der Waals surface area contributed by atoms with Gasteiger partial charge in [0.25, 0.3) is 11.8 Å². The second kappa shape index (κ2) is 7.64. The number of carbonyl (C=O) groups excluding carboxylic acids is 2. The van der Waals surface area contributed by atoms with Crippen LogP contribution in [0.25, 0.3) is 10.9 Å². The van der Waals surface area contributed by atoms with E-state index in [4.69, 9.17) is 4.74 Å². The van der Waals surface area contributed by atoms with Gasteiger partial charge in [-0.3, -0.25) is 25.4 Å². The summed E-state index contributed by atoms with van der Waals surface area (Å²) in [7, 11) is 0. The number of carbonyl (C=O) groups is 2. The van der Waals surface area contributed by atoms with Crippen LogP contribution >= 0.6 is 0 Å². The number of ether oxygens (including phenoxy) is 1. The molecular formula is C21H18FN3O3. The molecule has 1 aliphatic carbocycles. The van der Waals surface area contributed by atoms with Crippen LogP contribution in [0.2, 0.25) is 0 Å². The Hall–Kier alpha value is -3.48. The smallest absolute Gasteiger partial charge is 0.276 e. The molecular weight excluding hydrogens is 361 g/mol. The van der Waals surface area contributed by atoms with Gasteiger partial charge in [0, 0.05) is 17.0 Å². The van der Waals surface area contributed by atoms with Gasteiger partial charge in [-0.05, 0) is 49.2 Å². The second-order valence-corrected chi connectivity index (χ2v) is 6.63. The maximum absolute atomic E-state index is 12.9. The minimum atomic E-state index is -0.529. The Kier molecular flexibility index (Phi) is 4.89.